The zero-order valence-corrected chi connectivity index (χ0v) is 18.3. The van der Waals surface area contributed by atoms with Crippen LogP contribution in [0, 0.1) is 0 Å². The number of benzene rings is 1. The quantitative estimate of drug-likeness (QED) is 0.339. The third-order valence-electron chi connectivity index (χ3n) is 4.08. The van der Waals surface area contributed by atoms with Crippen molar-refractivity contribution in [2.24, 2.45) is 4.99 Å². The van der Waals surface area contributed by atoms with Crippen molar-refractivity contribution < 1.29 is 18.9 Å². The van der Waals surface area contributed by atoms with E-state index in [-0.39, 0.29) is 30.1 Å². The summed E-state index contributed by atoms with van der Waals surface area (Å²) in [5, 5.41) is 6.59. The van der Waals surface area contributed by atoms with E-state index in [0.717, 1.165) is 44.1 Å². The molecule has 0 saturated carbocycles. The van der Waals surface area contributed by atoms with E-state index in [0.29, 0.717) is 23.8 Å². The number of rotatable bonds is 8. The summed E-state index contributed by atoms with van der Waals surface area (Å²) < 4.78 is 21.9. The van der Waals surface area contributed by atoms with E-state index in [1.807, 2.05) is 19.1 Å². The summed E-state index contributed by atoms with van der Waals surface area (Å²) in [6.07, 6.45) is 2.47. The van der Waals surface area contributed by atoms with Gasteiger partial charge in [-0.1, -0.05) is 0 Å². The van der Waals surface area contributed by atoms with Gasteiger partial charge in [-0.05, 0) is 19.8 Å². The molecule has 26 heavy (non-hydrogen) atoms. The largest absolute Gasteiger partial charge is 0.496 e. The first-order chi connectivity index (χ1) is 12.2. The maximum atomic E-state index is 5.64. The number of halogens is 1. The molecule has 0 aliphatic carbocycles. The van der Waals surface area contributed by atoms with Crippen LogP contribution in [0.15, 0.2) is 17.1 Å². The minimum absolute atomic E-state index is 0. The standard InChI is InChI=1S/C18H29N3O4.HI/c1-5-19-18(20-11-13-7-6-8-25-13)21-12-15-16(23-3)9-14(22-2)10-17(15)24-4;/h9-10,13H,5-8,11-12H2,1-4H3,(H2,19,20,21);1H. The second-order valence-electron chi connectivity index (χ2n) is 5.72. The predicted molar refractivity (Wildman–Crippen MR) is 113 cm³/mol. The molecule has 1 aliphatic rings. The van der Waals surface area contributed by atoms with Crippen LogP contribution in [0.1, 0.15) is 25.3 Å². The summed E-state index contributed by atoms with van der Waals surface area (Å²) in [7, 11) is 4.87. The molecule has 1 atom stereocenters. The molecule has 1 aromatic carbocycles. The van der Waals surface area contributed by atoms with E-state index < -0.39 is 0 Å². The highest BCUT2D eigenvalue weighted by Crippen LogP contribution is 2.34. The molecular weight excluding hydrogens is 449 g/mol. The molecule has 0 radical (unpaired) electrons. The van der Waals surface area contributed by atoms with E-state index in [9.17, 15) is 0 Å². The van der Waals surface area contributed by atoms with Gasteiger partial charge in [0.25, 0.3) is 0 Å². The van der Waals surface area contributed by atoms with Gasteiger partial charge in [0.05, 0.1) is 39.5 Å². The van der Waals surface area contributed by atoms with Gasteiger partial charge in [0, 0.05) is 31.8 Å². The topological polar surface area (TPSA) is 73.3 Å². The normalized spacial score (nSPS) is 16.6. The third-order valence-corrected chi connectivity index (χ3v) is 4.08. The van der Waals surface area contributed by atoms with Gasteiger partial charge in [-0.25, -0.2) is 4.99 Å². The molecule has 1 heterocycles. The van der Waals surface area contributed by atoms with E-state index in [4.69, 9.17) is 18.9 Å². The Hall–Kier alpha value is -1.42. The van der Waals surface area contributed by atoms with Gasteiger partial charge in [-0.2, -0.15) is 0 Å². The van der Waals surface area contributed by atoms with E-state index in [1.165, 1.54) is 0 Å². The van der Waals surface area contributed by atoms with Crippen LogP contribution in [-0.4, -0.2) is 53.1 Å². The number of nitrogens with one attached hydrogen (secondary N) is 2. The number of hydrogen-bond donors (Lipinski definition) is 2. The van der Waals surface area contributed by atoms with Gasteiger partial charge in [0.15, 0.2) is 5.96 Å². The molecular formula is C18H30IN3O4. The molecule has 7 nitrogen and oxygen atoms in total. The molecule has 0 spiro atoms. The molecule has 2 N–H and O–H groups in total. The first-order valence-electron chi connectivity index (χ1n) is 8.64. The lowest BCUT2D eigenvalue weighted by molar-refractivity contribution is 0.114. The fourth-order valence-corrected chi connectivity index (χ4v) is 2.75. The van der Waals surface area contributed by atoms with Crippen molar-refractivity contribution in [3.8, 4) is 17.2 Å². The molecule has 8 heteroatoms. The van der Waals surface area contributed by atoms with Gasteiger partial charge in [0.1, 0.15) is 17.2 Å². The van der Waals surface area contributed by atoms with E-state index in [1.54, 1.807) is 21.3 Å². The predicted octanol–water partition coefficient (Wildman–Crippen LogP) is 2.56. The van der Waals surface area contributed by atoms with Crippen molar-refractivity contribution in [1.82, 2.24) is 10.6 Å². The summed E-state index contributed by atoms with van der Waals surface area (Å²) in [6, 6.07) is 3.67. The van der Waals surface area contributed by atoms with Gasteiger partial charge >= 0.3 is 0 Å². The van der Waals surface area contributed by atoms with Crippen LogP contribution < -0.4 is 24.8 Å². The maximum Gasteiger partial charge on any atom is 0.191 e. The van der Waals surface area contributed by atoms with Crippen molar-refractivity contribution in [2.45, 2.75) is 32.4 Å². The molecule has 0 bridgehead atoms. The summed E-state index contributed by atoms with van der Waals surface area (Å²) in [6.45, 7) is 4.85. The Balaban J connectivity index is 0.00000338. The fraction of sp³-hybridized carbons (Fsp3) is 0.611. The second-order valence-corrected chi connectivity index (χ2v) is 5.72. The summed E-state index contributed by atoms with van der Waals surface area (Å²) in [4.78, 5) is 4.66. The van der Waals surface area contributed by atoms with Gasteiger partial charge in [0.2, 0.25) is 0 Å². The van der Waals surface area contributed by atoms with Crippen molar-refractivity contribution in [2.75, 3.05) is 41.0 Å². The first-order valence-corrected chi connectivity index (χ1v) is 8.64. The van der Waals surface area contributed by atoms with Crippen LogP contribution in [0.2, 0.25) is 0 Å². The lowest BCUT2D eigenvalue weighted by Gasteiger charge is -2.16. The fourth-order valence-electron chi connectivity index (χ4n) is 2.75. The van der Waals surface area contributed by atoms with Crippen LogP contribution in [0.3, 0.4) is 0 Å². The van der Waals surface area contributed by atoms with Gasteiger partial charge in [-0.3, -0.25) is 0 Å². The summed E-state index contributed by atoms with van der Waals surface area (Å²) in [5.74, 6) is 2.81. The van der Waals surface area contributed by atoms with Crippen molar-refractivity contribution in [3.63, 3.8) is 0 Å². The van der Waals surface area contributed by atoms with Crippen molar-refractivity contribution in [1.29, 1.82) is 0 Å². The maximum absolute atomic E-state index is 5.64. The lowest BCUT2D eigenvalue weighted by atomic mass is 10.1. The smallest absolute Gasteiger partial charge is 0.191 e. The highest BCUT2D eigenvalue weighted by atomic mass is 127. The monoisotopic (exact) mass is 479 g/mol. The first kappa shape index (κ1) is 22.6. The lowest BCUT2D eigenvalue weighted by Crippen LogP contribution is -2.41. The minimum atomic E-state index is 0. The van der Waals surface area contributed by atoms with Crippen LogP contribution >= 0.6 is 24.0 Å². The summed E-state index contributed by atoms with van der Waals surface area (Å²) in [5.41, 5.74) is 0.875. The Bertz CT molecular complexity index is 553. The Morgan fingerprint density at radius 1 is 1.15 bits per heavy atom. The molecule has 0 aromatic heterocycles. The molecule has 148 valence electrons. The molecule has 1 fully saturated rings. The van der Waals surface area contributed by atoms with E-state index >= 15 is 0 Å². The highest BCUT2D eigenvalue weighted by molar-refractivity contribution is 14.0. The number of aliphatic imine (C=N–C) groups is 1. The van der Waals surface area contributed by atoms with Crippen molar-refractivity contribution >= 4 is 29.9 Å². The molecule has 2 rings (SSSR count). The van der Waals surface area contributed by atoms with Gasteiger partial charge < -0.3 is 29.6 Å². The highest BCUT2D eigenvalue weighted by Gasteiger charge is 2.16. The molecule has 0 amide bonds. The molecule has 1 aliphatic heterocycles. The second kappa shape index (κ2) is 12.1. The third kappa shape index (κ3) is 6.39. The zero-order chi connectivity index (χ0) is 18.1. The minimum Gasteiger partial charge on any atom is -0.496 e. The molecule has 1 saturated heterocycles. The average molecular weight is 479 g/mol. The Labute approximate surface area is 172 Å². The number of methoxy groups -OCH3 is 3. The zero-order valence-electron chi connectivity index (χ0n) is 16.0. The molecule has 1 aromatic rings. The Kier molecular flexibility index (Phi) is 10.5. The van der Waals surface area contributed by atoms with Crippen molar-refractivity contribution in [3.05, 3.63) is 17.7 Å². The Morgan fingerprint density at radius 3 is 2.35 bits per heavy atom. The average Bonchev–Trinajstić information content (AvgIpc) is 3.16. The van der Waals surface area contributed by atoms with E-state index in [2.05, 4.69) is 15.6 Å². The van der Waals surface area contributed by atoms with Crippen LogP contribution in [0.5, 0.6) is 17.2 Å². The van der Waals surface area contributed by atoms with Crippen LogP contribution in [0.25, 0.3) is 0 Å². The van der Waals surface area contributed by atoms with Gasteiger partial charge in [-0.15, -0.1) is 24.0 Å². The number of ether oxygens (including phenoxy) is 4. The van der Waals surface area contributed by atoms with Crippen LogP contribution in [-0.2, 0) is 11.3 Å². The Morgan fingerprint density at radius 2 is 1.85 bits per heavy atom. The number of nitrogens with zero attached hydrogens (tertiary/aromatic N) is 1. The van der Waals surface area contributed by atoms with Crippen LogP contribution in [0.4, 0.5) is 0 Å². The SMILES string of the molecule is CCNC(=NCc1c(OC)cc(OC)cc1OC)NCC1CCCO1.I. The number of hydrogen-bond acceptors (Lipinski definition) is 5. The summed E-state index contributed by atoms with van der Waals surface area (Å²) >= 11 is 0. The molecule has 1 unspecified atom stereocenters. The number of guanidine groups is 1.